The molecule has 0 aliphatic carbocycles. The van der Waals surface area contributed by atoms with Gasteiger partial charge in [-0.2, -0.15) is 74.6 Å². The van der Waals surface area contributed by atoms with E-state index in [1.54, 1.807) is 14.2 Å². The van der Waals surface area contributed by atoms with Crippen LogP contribution in [0.3, 0.4) is 0 Å². The summed E-state index contributed by atoms with van der Waals surface area (Å²) in [6, 6.07) is 23.1. The monoisotopic (exact) mass is 864 g/mol. The predicted octanol–water partition coefficient (Wildman–Crippen LogP) is 9.39. The molecule has 55 heavy (non-hydrogen) atoms. The van der Waals surface area contributed by atoms with E-state index >= 15 is 0 Å². The van der Waals surface area contributed by atoms with Crippen molar-refractivity contribution < 1.29 is 102 Å². The lowest BCUT2D eigenvalue weighted by Gasteiger charge is -2.42. The smallest absolute Gasteiger partial charge is 0.460 e. The van der Waals surface area contributed by atoms with E-state index < -0.39 is 68.0 Å². The number of aryl methyl sites for hydroxylation is 1. The molecule has 3 aromatic rings. The fraction of sp³-hybridized carbons (Fsp3) is 0.367. The van der Waals surface area contributed by atoms with E-state index in [4.69, 9.17) is 9.47 Å². The first-order valence-corrected chi connectivity index (χ1v) is 16.6. The number of hydrogen-bond acceptors (Lipinski definition) is 6. The van der Waals surface area contributed by atoms with Crippen molar-refractivity contribution in [2.75, 3.05) is 14.2 Å². The first kappa shape index (κ1) is 47.2. The number of carbonyl (C=O) groups is 1. The van der Waals surface area contributed by atoms with E-state index in [0.717, 1.165) is 26.9 Å². The van der Waals surface area contributed by atoms with Crippen LogP contribution in [0.1, 0.15) is 15.9 Å². The Morgan fingerprint density at radius 1 is 0.527 bits per heavy atom. The molecule has 0 radical (unpaired) electrons. The van der Waals surface area contributed by atoms with Crippen molar-refractivity contribution in [1.29, 1.82) is 0 Å². The molecular weight excluding hydrogens is 843 g/mol. The summed E-state index contributed by atoms with van der Waals surface area (Å²) in [5, 5.41) is -7.86. The highest BCUT2D eigenvalue weighted by Gasteiger charge is 2.95. The molecule has 0 aliphatic rings. The van der Waals surface area contributed by atoms with E-state index in [0.29, 0.717) is 5.56 Å². The van der Waals surface area contributed by atoms with Gasteiger partial charge >= 0.3 is 52.1 Å². The Labute approximate surface area is 301 Å². The topological polar surface area (TPSA) is 92.7 Å². The van der Waals surface area contributed by atoms with Gasteiger partial charge in [0.1, 0.15) is 22.4 Å². The van der Waals surface area contributed by atoms with Crippen LogP contribution in [0.2, 0.25) is 0 Å². The molecule has 0 amide bonds. The molecule has 6 nitrogen and oxygen atoms in total. The highest BCUT2D eigenvalue weighted by molar-refractivity contribution is 8.11. The molecule has 0 aliphatic heterocycles. The largest absolute Gasteiger partial charge is 0.743 e. The van der Waals surface area contributed by atoms with Crippen LogP contribution in [0.15, 0.2) is 82.6 Å². The van der Waals surface area contributed by atoms with Gasteiger partial charge in [-0.15, -0.1) is 0 Å². The van der Waals surface area contributed by atoms with Crippen molar-refractivity contribution in [3.05, 3.63) is 83.9 Å². The van der Waals surface area contributed by atoms with E-state index in [2.05, 4.69) is 0 Å². The zero-order valence-electron chi connectivity index (χ0n) is 27.1. The zero-order valence-corrected chi connectivity index (χ0v) is 28.8. The Hall–Kier alpha value is -4.00. The summed E-state index contributed by atoms with van der Waals surface area (Å²) in [5.74, 6) is -50.6. The Morgan fingerprint density at radius 2 is 0.836 bits per heavy atom. The summed E-state index contributed by atoms with van der Waals surface area (Å²) in [6.07, 6.45) is -7.89. The molecule has 0 aromatic heterocycles. The Kier molecular flexibility index (Phi) is 13.3. The van der Waals surface area contributed by atoms with Gasteiger partial charge in [0, 0.05) is 0 Å². The number of alkyl halides is 17. The second-order valence-electron chi connectivity index (χ2n) is 10.7. The summed E-state index contributed by atoms with van der Waals surface area (Å²) in [4.78, 5) is 15.2. The number of carbonyl (C=O) groups excluding carboxylic acids is 1. The van der Waals surface area contributed by atoms with Gasteiger partial charge in [-0.3, -0.25) is 0 Å². The molecule has 0 saturated carbocycles. The molecule has 0 fully saturated rings. The summed E-state index contributed by atoms with van der Waals surface area (Å²) < 4.78 is 255. The minimum absolute atomic E-state index is 0.0975. The van der Waals surface area contributed by atoms with Gasteiger partial charge in [0.15, 0.2) is 19.9 Å². The second-order valence-corrected chi connectivity index (χ2v) is 14.1. The minimum atomic E-state index is -8.92. The molecule has 308 valence electrons. The lowest BCUT2D eigenvalue weighted by atomic mass is 9.91. The maximum atomic E-state index is 13.3. The van der Waals surface area contributed by atoms with Crippen molar-refractivity contribution in [3.8, 4) is 11.5 Å². The number of ether oxygens (including phenoxy) is 2. The number of halogens is 17. The average Bonchev–Trinajstić information content (AvgIpc) is 3.08. The van der Waals surface area contributed by atoms with E-state index in [1.165, 1.54) is 0 Å². The molecule has 0 unspecified atom stereocenters. The van der Waals surface area contributed by atoms with Crippen LogP contribution < -0.4 is 9.47 Å². The van der Waals surface area contributed by atoms with Gasteiger partial charge in [-0.25, -0.2) is 13.2 Å². The molecule has 0 N–H and O–H groups in total. The Bertz CT molecular complexity index is 1850. The highest BCUT2D eigenvalue weighted by Crippen LogP contribution is 2.64. The van der Waals surface area contributed by atoms with Crippen LogP contribution in [0.4, 0.5) is 74.6 Å². The van der Waals surface area contributed by atoms with Crippen molar-refractivity contribution in [1.82, 2.24) is 0 Å². The molecule has 3 rings (SSSR count). The number of methoxy groups -OCH3 is 2. The number of benzene rings is 3. The predicted molar refractivity (Wildman–Crippen MR) is 156 cm³/mol. The molecule has 25 heteroatoms. The lowest BCUT2D eigenvalue weighted by molar-refractivity contribution is -0.458. The third-order valence-corrected chi connectivity index (χ3v) is 10.0. The minimum Gasteiger partial charge on any atom is -0.743 e. The van der Waals surface area contributed by atoms with Crippen LogP contribution >= 0.6 is 0 Å². The fourth-order valence-electron chi connectivity index (χ4n) is 3.89. The molecule has 0 saturated heterocycles. The van der Waals surface area contributed by atoms with Gasteiger partial charge in [0.25, 0.3) is 0 Å². The van der Waals surface area contributed by atoms with E-state index in [1.807, 2.05) is 79.7 Å². The molecule has 3 aromatic carbocycles. The molecular formula is C30H21F17O6S2. The van der Waals surface area contributed by atoms with Gasteiger partial charge < -0.3 is 14.0 Å². The highest BCUT2D eigenvalue weighted by atomic mass is 32.2. The maximum Gasteiger partial charge on any atom is 0.460 e. The summed E-state index contributed by atoms with van der Waals surface area (Å²) in [6.45, 7) is 2.01. The first-order valence-electron chi connectivity index (χ1n) is 13.9. The van der Waals surface area contributed by atoms with Gasteiger partial charge in [-0.05, 0) is 67.6 Å². The normalized spacial score (nSPS) is 13.9. The van der Waals surface area contributed by atoms with Crippen molar-refractivity contribution >= 4 is 26.1 Å². The van der Waals surface area contributed by atoms with Crippen molar-refractivity contribution in [2.24, 2.45) is 0 Å². The average molecular weight is 865 g/mol. The number of hydrogen-bond donors (Lipinski definition) is 0. The van der Waals surface area contributed by atoms with E-state index in [9.17, 15) is 92.4 Å². The summed E-state index contributed by atoms with van der Waals surface area (Å²) in [7, 11) is -5.60. The molecule has 0 atom stereocenters. The van der Waals surface area contributed by atoms with Crippen molar-refractivity contribution in [2.45, 2.75) is 63.7 Å². The molecule has 0 heterocycles. The molecule has 0 bridgehead atoms. The SMILES string of the molecule is COc1ccc([S+](C(=O)c2ccc(C)cc2)c2ccc(OC)cc2)cc1.O=S(=O)([O-])C(F)(F)C(F)(F)C(F)(F)C(F)(F)C(F)(F)C(F)(F)C(F)(F)C(F)(F)F. The first-order chi connectivity index (χ1) is 24.6. The van der Waals surface area contributed by atoms with Gasteiger partial charge in [0.05, 0.1) is 19.8 Å². The Morgan fingerprint density at radius 3 is 1.13 bits per heavy atom. The van der Waals surface area contributed by atoms with Crippen LogP contribution in [0.5, 0.6) is 11.5 Å². The summed E-state index contributed by atoms with van der Waals surface area (Å²) >= 11 is 0. The van der Waals surface area contributed by atoms with E-state index in [-0.39, 0.29) is 5.12 Å². The number of rotatable bonds is 12. The fourth-order valence-corrected chi connectivity index (χ4v) is 6.22. The summed E-state index contributed by atoms with van der Waals surface area (Å²) in [5.41, 5.74) is 1.85. The third-order valence-electron chi connectivity index (χ3n) is 7.07. The third kappa shape index (κ3) is 8.27. The van der Waals surface area contributed by atoms with Crippen molar-refractivity contribution in [3.63, 3.8) is 0 Å². The zero-order chi connectivity index (χ0) is 43.0. The van der Waals surface area contributed by atoms with Crippen LogP contribution in [0.25, 0.3) is 0 Å². The van der Waals surface area contributed by atoms with Crippen LogP contribution in [-0.4, -0.2) is 79.3 Å². The van der Waals surface area contributed by atoms with Gasteiger partial charge in [-0.1, -0.05) is 17.7 Å². The van der Waals surface area contributed by atoms with Crippen LogP contribution in [-0.2, 0) is 21.0 Å². The quantitative estimate of drug-likeness (QED) is 0.102. The second kappa shape index (κ2) is 15.5. The standard InChI is InChI=1S/C22H21O3S.C8HF17O3S/c1-16-4-6-17(7-5-16)22(23)26(20-12-8-18(24-2)9-13-20)21-14-10-19(25-3)11-15-21;9-1(10,3(13,14)5(17,18)7(21,22)23)2(11,12)4(15,16)6(19,20)8(24,25)29(26,27)28/h4-15H,1-3H3;(H,26,27,28)/q+1;/p-1. The van der Waals surface area contributed by atoms with Gasteiger partial charge in [0.2, 0.25) is 0 Å². The van der Waals surface area contributed by atoms with Crippen LogP contribution in [0, 0.1) is 6.92 Å². The lowest BCUT2D eigenvalue weighted by Crippen LogP contribution is -2.75. The Balaban J connectivity index is 0.000000381. The molecule has 0 spiro atoms. The maximum absolute atomic E-state index is 13.3.